The molecule has 1 saturated heterocycles. The molecule has 1 spiro atoms. The van der Waals surface area contributed by atoms with Gasteiger partial charge in [0, 0.05) is 24.5 Å². The first-order chi connectivity index (χ1) is 16.8. The van der Waals surface area contributed by atoms with Crippen LogP contribution in [0, 0.1) is 0 Å². The van der Waals surface area contributed by atoms with E-state index in [0.717, 1.165) is 32.1 Å². The first-order valence-corrected chi connectivity index (χ1v) is 12.6. The Kier molecular flexibility index (Phi) is 8.27. The maximum absolute atomic E-state index is 12.7. The van der Waals surface area contributed by atoms with Gasteiger partial charge in [-0.1, -0.05) is 54.1 Å². The molecule has 1 unspecified atom stereocenters. The van der Waals surface area contributed by atoms with Crippen LogP contribution in [0.3, 0.4) is 0 Å². The monoisotopic (exact) mass is 538 g/mol. The zero-order valence-electron chi connectivity index (χ0n) is 19.1. The second kappa shape index (κ2) is 11.2. The van der Waals surface area contributed by atoms with Crippen LogP contribution in [0.25, 0.3) is 0 Å². The number of hydrogen-bond donors (Lipinski definition) is 1. The van der Waals surface area contributed by atoms with Gasteiger partial charge in [-0.05, 0) is 31.9 Å². The van der Waals surface area contributed by atoms with Crippen LogP contribution >= 0.6 is 34.8 Å². The van der Waals surface area contributed by atoms with Gasteiger partial charge in [0.05, 0.1) is 39.8 Å². The molecule has 186 valence electrons. The van der Waals surface area contributed by atoms with Crippen molar-refractivity contribution >= 4 is 58.1 Å². The van der Waals surface area contributed by atoms with E-state index in [4.69, 9.17) is 49.3 Å². The molecule has 2 atom stereocenters. The van der Waals surface area contributed by atoms with E-state index in [0.29, 0.717) is 17.1 Å². The summed E-state index contributed by atoms with van der Waals surface area (Å²) >= 11 is 18.4. The number of ether oxygens (including phenoxy) is 2. The lowest BCUT2D eigenvalue weighted by Crippen LogP contribution is -2.60. The predicted molar refractivity (Wildman–Crippen MR) is 135 cm³/mol. The molecule has 11 heteroatoms. The first kappa shape index (κ1) is 25.8. The van der Waals surface area contributed by atoms with Crippen molar-refractivity contribution in [3.63, 3.8) is 0 Å². The normalized spacial score (nSPS) is 20.8. The molecule has 1 N–H and O–H groups in total. The Morgan fingerprint density at radius 2 is 1.91 bits per heavy atom. The van der Waals surface area contributed by atoms with Gasteiger partial charge in [0.25, 0.3) is 5.91 Å². The molecule has 0 radical (unpaired) electrons. The van der Waals surface area contributed by atoms with Crippen LogP contribution in [0.15, 0.2) is 35.7 Å². The molecule has 1 aliphatic heterocycles. The summed E-state index contributed by atoms with van der Waals surface area (Å²) < 4.78 is 11.1. The number of rotatable bonds is 7. The Hall–Kier alpha value is -2.26. The Balaban J connectivity index is 1.49. The zero-order valence-corrected chi connectivity index (χ0v) is 21.4. The number of halogens is 3. The number of amides is 1. The SMILES string of the molecule is CCOC(=O)[C@H](Cc1ccc(NC(=O)c2c(Cl)cncc2Cl)cn1)N=C1C(Cl)OC12CCCCC2. The van der Waals surface area contributed by atoms with Crippen LogP contribution in [-0.2, 0) is 20.7 Å². The highest BCUT2D eigenvalue weighted by atomic mass is 35.5. The molecule has 1 amide bonds. The molecule has 0 bridgehead atoms. The van der Waals surface area contributed by atoms with Crippen molar-refractivity contribution in [1.82, 2.24) is 9.97 Å². The minimum absolute atomic E-state index is 0.126. The Labute approximate surface area is 218 Å². The summed E-state index contributed by atoms with van der Waals surface area (Å²) in [5, 5.41) is 2.99. The Bertz CT molecular complexity index is 1090. The van der Waals surface area contributed by atoms with Gasteiger partial charge in [0.15, 0.2) is 11.6 Å². The molecule has 8 nitrogen and oxygen atoms in total. The van der Waals surface area contributed by atoms with E-state index in [9.17, 15) is 9.59 Å². The Morgan fingerprint density at radius 3 is 2.51 bits per heavy atom. The fourth-order valence-electron chi connectivity index (χ4n) is 4.36. The number of hydrogen-bond acceptors (Lipinski definition) is 7. The number of nitrogens with one attached hydrogen (secondary N) is 1. The third-order valence-corrected chi connectivity index (χ3v) is 6.96. The number of nitrogens with zero attached hydrogens (tertiary/aromatic N) is 3. The van der Waals surface area contributed by atoms with Crippen LogP contribution in [-0.4, -0.2) is 51.4 Å². The van der Waals surface area contributed by atoms with Crippen molar-refractivity contribution in [3.8, 4) is 0 Å². The van der Waals surface area contributed by atoms with E-state index in [2.05, 4.69) is 15.3 Å². The van der Waals surface area contributed by atoms with Crippen LogP contribution in [0.1, 0.15) is 55.1 Å². The molecule has 1 saturated carbocycles. The number of carbonyl (C=O) groups excluding carboxylic acids is 2. The van der Waals surface area contributed by atoms with Gasteiger partial charge in [0.1, 0.15) is 5.60 Å². The highest BCUT2D eigenvalue weighted by molar-refractivity contribution is 6.40. The van der Waals surface area contributed by atoms with E-state index in [1.54, 1.807) is 19.1 Å². The summed E-state index contributed by atoms with van der Waals surface area (Å²) in [5.74, 6) is -0.924. The predicted octanol–water partition coefficient (Wildman–Crippen LogP) is 5.25. The molecule has 3 heterocycles. The molecule has 1 aliphatic carbocycles. The average molecular weight is 540 g/mol. The van der Waals surface area contributed by atoms with Crippen LogP contribution < -0.4 is 5.32 Å². The first-order valence-electron chi connectivity index (χ1n) is 11.4. The van der Waals surface area contributed by atoms with Crippen molar-refractivity contribution < 1.29 is 19.1 Å². The lowest BCUT2D eigenvalue weighted by Gasteiger charge is -2.49. The smallest absolute Gasteiger partial charge is 0.331 e. The fraction of sp³-hybridized carbons (Fsp3) is 0.458. The highest BCUT2D eigenvalue weighted by Gasteiger charge is 2.52. The van der Waals surface area contributed by atoms with E-state index in [1.165, 1.54) is 18.6 Å². The number of pyridine rings is 2. The van der Waals surface area contributed by atoms with Gasteiger partial charge in [-0.2, -0.15) is 0 Å². The lowest BCUT2D eigenvalue weighted by molar-refractivity contribution is -0.144. The zero-order chi connectivity index (χ0) is 25.0. The van der Waals surface area contributed by atoms with E-state index < -0.39 is 29.1 Å². The molecule has 2 aromatic rings. The average Bonchev–Trinajstić information content (AvgIpc) is 2.83. The molecule has 35 heavy (non-hydrogen) atoms. The lowest BCUT2D eigenvalue weighted by atomic mass is 9.77. The maximum Gasteiger partial charge on any atom is 0.331 e. The summed E-state index contributed by atoms with van der Waals surface area (Å²) in [6.07, 6.45) is 9.33. The van der Waals surface area contributed by atoms with Gasteiger partial charge in [-0.25, -0.2) is 4.79 Å². The number of anilines is 1. The summed E-state index contributed by atoms with van der Waals surface area (Å²) in [7, 11) is 0. The third-order valence-electron chi connectivity index (χ3n) is 6.09. The number of aliphatic imine (C=N–C) groups is 1. The van der Waals surface area contributed by atoms with Gasteiger partial charge in [-0.3, -0.25) is 19.8 Å². The topological polar surface area (TPSA) is 103 Å². The van der Waals surface area contributed by atoms with Crippen molar-refractivity contribution in [3.05, 3.63) is 52.0 Å². The maximum atomic E-state index is 12.7. The number of esters is 1. The highest BCUT2D eigenvalue weighted by Crippen LogP contribution is 2.44. The number of aromatic nitrogens is 2. The summed E-state index contributed by atoms with van der Waals surface area (Å²) in [4.78, 5) is 38.2. The van der Waals surface area contributed by atoms with Crippen LogP contribution in [0.4, 0.5) is 5.69 Å². The molecular formula is C24H25Cl3N4O4. The standard InChI is InChI=1S/C24H25Cl3N4O4/c1-2-34-23(33)18(31-20-21(27)35-24(20)8-4-3-5-9-24)10-14-6-7-15(11-29-14)30-22(32)19-16(25)12-28-13-17(19)26/h6-7,11-13,18,21H,2-5,8-10H2,1H3,(H,30,32)/t18-,21?/m0/s1. The van der Waals surface area contributed by atoms with Gasteiger partial charge in [0.2, 0.25) is 0 Å². The molecule has 0 aromatic carbocycles. The molecule has 2 aliphatic rings. The van der Waals surface area contributed by atoms with Gasteiger partial charge >= 0.3 is 5.97 Å². The summed E-state index contributed by atoms with van der Waals surface area (Å²) in [6, 6.07) is 2.60. The minimum Gasteiger partial charge on any atom is -0.464 e. The Morgan fingerprint density at radius 1 is 1.20 bits per heavy atom. The second-order valence-corrected chi connectivity index (χ2v) is 9.66. The molecule has 2 aromatic heterocycles. The molecule has 4 rings (SSSR count). The van der Waals surface area contributed by atoms with Crippen molar-refractivity contribution in [2.24, 2.45) is 4.99 Å². The van der Waals surface area contributed by atoms with Crippen molar-refractivity contribution in [2.45, 2.75) is 62.7 Å². The second-order valence-electron chi connectivity index (χ2n) is 8.45. The molecule has 2 fully saturated rings. The summed E-state index contributed by atoms with van der Waals surface area (Å²) in [6.45, 7) is 1.99. The van der Waals surface area contributed by atoms with Crippen LogP contribution in [0.2, 0.25) is 10.0 Å². The number of alkyl halides is 1. The molecular weight excluding hydrogens is 515 g/mol. The van der Waals surface area contributed by atoms with Gasteiger partial charge < -0.3 is 14.8 Å². The minimum atomic E-state index is -0.795. The fourth-order valence-corrected chi connectivity index (χ4v) is 5.33. The quantitative estimate of drug-likeness (QED) is 0.381. The van der Waals surface area contributed by atoms with Crippen molar-refractivity contribution in [1.29, 1.82) is 0 Å². The number of carbonyl (C=O) groups is 2. The van der Waals surface area contributed by atoms with Crippen LogP contribution in [0.5, 0.6) is 0 Å². The third kappa shape index (κ3) is 5.77. The largest absolute Gasteiger partial charge is 0.464 e. The van der Waals surface area contributed by atoms with E-state index >= 15 is 0 Å². The van der Waals surface area contributed by atoms with E-state index in [-0.39, 0.29) is 28.6 Å². The van der Waals surface area contributed by atoms with Gasteiger partial charge in [-0.15, -0.1) is 0 Å². The van der Waals surface area contributed by atoms with Crippen molar-refractivity contribution in [2.75, 3.05) is 11.9 Å². The summed E-state index contributed by atoms with van der Waals surface area (Å²) in [5.41, 5.74) is 0.785. The van der Waals surface area contributed by atoms with E-state index in [1.807, 2.05) is 0 Å².